The van der Waals surface area contributed by atoms with E-state index in [-0.39, 0.29) is 0 Å². The average molecular weight is 289 g/mol. The highest BCUT2D eigenvalue weighted by atomic mass is 35.5. The van der Waals surface area contributed by atoms with Crippen molar-refractivity contribution in [2.24, 2.45) is 0 Å². The first-order valence-electron chi connectivity index (χ1n) is 4.34. The lowest BCUT2D eigenvalue weighted by Gasteiger charge is -2.09. The van der Waals surface area contributed by atoms with Gasteiger partial charge in [0, 0.05) is 5.02 Å². The van der Waals surface area contributed by atoms with Gasteiger partial charge < -0.3 is 0 Å². The fourth-order valence-electron chi connectivity index (χ4n) is 1.03. The number of benzene rings is 1. The summed E-state index contributed by atoms with van der Waals surface area (Å²) >= 11 is 5.64. The molecule has 1 aromatic rings. The monoisotopic (exact) mass is 288 g/mol. The zero-order chi connectivity index (χ0) is 13.3. The maximum atomic E-state index is 12.0. The Balaban J connectivity index is 2.82. The van der Waals surface area contributed by atoms with Crippen LogP contribution in [0.15, 0.2) is 18.2 Å². The second-order valence-corrected chi connectivity index (χ2v) is 5.28. The van der Waals surface area contributed by atoms with Gasteiger partial charge in [0.2, 0.25) is 0 Å². The number of alkyl halides is 3. The molecule has 0 spiro atoms. The third-order valence-corrected chi connectivity index (χ3v) is 3.19. The van der Waals surface area contributed by atoms with E-state index in [1.54, 1.807) is 6.92 Å². The van der Waals surface area contributed by atoms with Crippen molar-refractivity contribution in [2.45, 2.75) is 19.0 Å². The molecule has 1 aromatic carbocycles. The summed E-state index contributed by atoms with van der Waals surface area (Å²) in [6.07, 6.45) is 0. The minimum Gasteiger partial charge on any atom is -0.258 e. The zero-order valence-electron chi connectivity index (χ0n) is 8.58. The van der Waals surface area contributed by atoms with Crippen LogP contribution < -0.4 is 0 Å². The molecule has 0 fully saturated rings. The van der Waals surface area contributed by atoms with Crippen LogP contribution in [0.25, 0.3) is 0 Å². The van der Waals surface area contributed by atoms with Crippen molar-refractivity contribution < 1.29 is 25.8 Å². The maximum absolute atomic E-state index is 12.0. The zero-order valence-corrected chi connectivity index (χ0v) is 10.2. The van der Waals surface area contributed by atoms with E-state index >= 15 is 0 Å². The number of hydrogen-bond acceptors (Lipinski definition) is 3. The van der Waals surface area contributed by atoms with Crippen LogP contribution in [0.2, 0.25) is 5.02 Å². The molecule has 0 amide bonds. The van der Waals surface area contributed by atoms with Crippen molar-refractivity contribution >= 4 is 21.7 Å². The summed E-state index contributed by atoms with van der Waals surface area (Å²) in [5.74, 6) is 0. The molecule has 0 N–H and O–H groups in total. The normalized spacial score (nSPS) is 12.8. The van der Waals surface area contributed by atoms with Gasteiger partial charge in [-0.05, 0) is 30.2 Å². The van der Waals surface area contributed by atoms with E-state index in [0.717, 1.165) is 0 Å². The Morgan fingerprint density at radius 3 is 2.41 bits per heavy atom. The molecule has 96 valence electrons. The highest BCUT2D eigenvalue weighted by Crippen LogP contribution is 2.26. The van der Waals surface area contributed by atoms with Crippen molar-refractivity contribution in [3.8, 4) is 0 Å². The van der Waals surface area contributed by atoms with Crippen molar-refractivity contribution in [3.05, 3.63) is 34.3 Å². The lowest BCUT2D eigenvalue weighted by Crippen LogP contribution is -2.25. The Labute approximate surface area is 101 Å². The van der Waals surface area contributed by atoms with Gasteiger partial charge in [0.25, 0.3) is 0 Å². The van der Waals surface area contributed by atoms with Gasteiger partial charge >= 0.3 is 15.6 Å². The van der Waals surface area contributed by atoms with Crippen LogP contribution >= 0.6 is 11.6 Å². The van der Waals surface area contributed by atoms with Gasteiger partial charge in [-0.15, -0.1) is 0 Å². The van der Waals surface area contributed by atoms with Crippen molar-refractivity contribution in [1.29, 1.82) is 0 Å². The van der Waals surface area contributed by atoms with Crippen LogP contribution in [0.4, 0.5) is 13.2 Å². The second-order valence-electron chi connectivity index (χ2n) is 3.23. The summed E-state index contributed by atoms with van der Waals surface area (Å²) in [6.45, 7) is 0.912. The van der Waals surface area contributed by atoms with E-state index in [9.17, 15) is 21.6 Å². The molecule has 0 bridgehead atoms. The molecule has 0 saturated carbocycles. The fraction of sp³-hybridized carbons (Fsp3) is 0.333. The van der Waals surface area contributed by atoms with Gasteiger partial charge in [0.15, 0.2) is 0 Å². The molecule has 1 rings (SSSR count). The van der Waals surface area contributed by atoms with E-state index in [0.29, 0.717) is 16.1 Å². The van der Waals surface area contributed by atoms with E-state index in [1.807, 2.05) is 0 Å². The molecule has 8 heteroatoms. The quantitative estimate of drug-likeness (QED) is 0.634. The molecule has 0 aliphatic heterocycles. The van der Waals surface area contributed by atoms with Crippen LogP contribution in [0.3, 0.4) is 0 Å². The van der Waals surface area contributed by atoms with Gasteiger partial charge in [0.05, 0.1) is 6.61 Å². The Morgan fingerprint density at radius 1 is 1.35 bits per heavy atom. The van der Waals surface area contributed by atoms with Gasteiger partial charge in [-0.1, -0.05) is 17.7 Å². The second kappa shape index (κ2) is 4.83. The Kier molecular flexibility index (Phi) is 4.06. The van der Waals surface area contributed by atoms with Crippen LogP contribution in [-0.2, 0) is 20.9 Å². The summed E-state index contributed by atoms with van der Waals surface area (Å²) in [6, 6.07) is 4.34. The topological polar surface area (TPSA) is 43.4 Å². The molecule has 0 radical (unpaired) electrons. The van der Waals surface area contributed by atoms with E-state index in [4.69, 9.17) is 11.6 Å². The van der Waals surface area contributed by atoms with Crippen LogP contribution in [0, 0.1) is 6.92 Å². The van der Waals surface area contributed by atoms with Gasteiger partial charge in [0.1, 0.15) is 0 Å². The highest BCUT2D eigenvalue weighted by Gasteiger charge is 2.47. The van der Waals surface area contributed by atoms with Gasteiger partial charge in [-0.2, -0.15) is 21.6 Å². The van der Waals surface area contributed by atoms with E-state index < -0.39 is 22.2 Å². The summed E-state index contributed by atoms with van der Waals surface area (Å²) in [5.41, 5.74) is -4.54. The first-order chi connectivity index (χ1) is 7.63. The third-order valence-electron chi connectivity index (χ3n) is 1.96. The van der Waals surface area contributed by atoms with Crippen LogP contribution in [-0.4, -0.2) is 13.9 Å². The van der Waals surface area contributed by atoms with Crippen LogP contribution in [0.5, 0.6) is 0 Å². The molecule has 0 unspecified atom stereocenters. The lowest BCUT2D eigenvalue weighted by atomic mass is 10.1. The maximum Gasteiger partial charge on any atom is 0.523 e. The molecule has 0 saturated heterocycles. The molecule has 17 heavy (non-hydrogen) atoms. The predicted octanol–water partition coefficient (Wildman–Crippen LogP) is 3.01. The Bertz CT molecular complexity index is 511. The lowest BCUT2D eigenvalue weighted by molar-refractivity contribution is -0.0548. The first-order valence-corrected chi connectivity index (χ1v) is 6.13. The molecule has 0 aromatic heterocycles. The fourth-order valence-corrected chi connectivity index (χ4v) is 1.67. The van der Waals surface area contributed by atoms with E-state index in [1.165, 1.54) is 18.2 Å². The molecule has 0 aliphatic rings. The van der Waals surface area contributed by atoms with Gasteiger partial charge in [-0.25, -0.2) is 0 Å². The number of rotatable bonds is 3. The van der Waals surface area contributed by atoms with Crippen molar-refractivity contribution in [2.75, 3.05) is 0 Å². The van der Waals surface area contributed by atoms with Crippen molar-refractivity contribution in [3.63, 3.8) is 0 Å². The first kappa shape index (κ1) is 14.3. The summed E-state index contributed by atoms with van der Waals surface area (Å²) in [5, 5.41) is 0.407. The summed E-state index contributed by atoms with van der Waals surface area (Å²) < 4.78 is 61.1. The Hall–Kier alpha value is -0.790. The minimum absolute atomic E-state index is 0.322. The molecular formula is C9H8ClF3O3S. The van der Waals surface area contributed by atoms with Crippen LogP contribution in [0.1, 0.15) is 11.1 Å². The molecule has 0 heterocycles. The highest BCUT2D eigenvalue weighted by molar-refractivity contribution is 7.87. The molecule has 0 atom stereocenters. The van der Waals surface area contributed by atoms with Gasteiger partial charge in [-0.3, -0.25) is 4.18 Å². The summed E-state index contributed by atoms with van der Waals surface area (Å²) in [4.78, 5) is 0. The molecule has 0 aliphatic carbocycles. The SMILES string of the molecule is Cc1cc(Cl)ccc1COS(=O)(=O)C(F)(F)F. The third kappa shape index (κ3) is 3.58. The standard InChI is InChI=1S/C9H8ClF3O3S/c1-6-4-8(10)3-2-7(6)5-16-17(14,15)9(11,12)13/h2-4H,5H2,1H3. The molecule has 3 nitrogen and oxygen atoms in total. The summed E-state index contributed by atoms with van der Waals surface area (Å²) in [7, 11) is -5.56. The van der Waals surface area contributed by atoms with E-state index in [2.05, 4.69) is 4.18 Å². The predicted molar refractivity (Wildman–Crippen MR) is 56.0 cm³/mol. The number of hydrogen-bond donors (Lipinski definition) is 0. The Morgan fingerprint density at radius 2 is 1.94 bits per heavy atom. The smallest absolute Gasteiger partial charge is 0.258 e. The number of aryl methyl sites for hydroxylation is 1. The number of halogens is 4. The largest absolute Gasteiger partial charge is 0.523 e. The minimum atomic E-state index is -5.56. The molecular weight excluding hydrogens is 281 g/mol. The average Bonchev–Trinajstić information content (AvgIpc) is 2.14. The van der Waals surface area contributed by atoms with Crippen molar-refractivity contribution in [1.82, 2.24) is 0 Å².